The van der Waals surface area contributed by atoms with E-state index < -0.39 is 0 Å². The Morgan fingerprint density at radius 1 is 0.403 bits per heavy atom. The molecule has 2 aliphatic carbocycles. The van der Waals surface area contributed by atoms with Gasteiger partial charge in [0, 0.05) is 43.4 Å². The van der Waals surface area contributed by atoms with Crippen LogP contribution in [-0.2, 0) is 27.1 Å². The average molecular weight is 980 g/mol. The summed E-state index contributed by atoms with van der Waals surface area (Å²) in [6.45, 7) is 30.0. The Bertz CT molecular complexity index is 3510. The van der Waals surface area contributed by atoms with Crippen molar-refractivity contribution in [3.05, 3.63) is 213 Å². The van der Waals surface area contributed by atoms with Gasteiger partial charge in [-0.05, 0) is 149 Å². The Morgan fingerprint density at radius 3 is 1.36 bits per heavy atom. The number of benzene rings is 8. The fraction of sp³-hybridized carbons (Fsp3) is 0.265. The van der Waals surface area contributed by atoms with Crippen LogP contribution in [0.3, 0.4) is 0 Å². The van der Waals surface area contributed by atoms with Gasteiger partial charge in [-0.25, -0.2) is 0 Å². The van der Waals surface area contributed by atoms with Crippen LogP contribution < -0.4 is 9.80 Å². The van der Waals surface area contributed by atoms with Crippen LogP contribution in [0.1, 0.15) is 129 Å². The van der Waals surface area contributed by atoms with Gasteiger partial charge in [0.15, 0.2) is 0 Å². The number of hydrogen-bond donors (Lipinski definition) is 0. The molecule has 0 saturated carbocycles. The van der Waals surface area contributed by atoms with Crippen molar-refractivity contribution in [2.75, 3.05) is 9.80 Å². The summed E-state index contributed by atoms with van der Waals surface area (Å²) in [5.74, 6) is 0. The van der Waals surface area contributed by atoms with Gasteiger partial charge < -0.3 is 9.80 Å². The van der Waals surface area contributed by atoms with Gasteiger partial charge in [-0.2, -0.15) is 0 Å². The second-order valence-electron chi connectivity index (χ2n) is 24.5. The number of fused-ring (bicyclic) bond motifs is 7. The molecule has 72 heavy (non-hydrogen) atoms. The third-order valence-corrected chi connectivity index (χ3v) is 17.2. The highest BCUT2D eigenvalue weighted by atomic mass is 35.5. The third kappa shape index (κ3) is 7.82. The molecule has 0 saturated heterocycles. The minimum absolute atomic E-state index is 0.00942. The molecule has 0 amide bonds. The minimum Gasteiger partial charge on any atom is -0.309 e. The maximum absolute atomic E-state index is 8.35. The zero-order chi connectivity index (χ0) is 50.9. The highest BCUT2D eigenvalue weighted by Crippen LogP contribution is 2.57. The molecule has 0 atom stereocenters. The summed E-state index contributed by atoms with van der Waals surface area (Å²) in [7, 11) is 0. The molecular weight excluding hydrogens is 912 g/mol. The van der Waals surface area contributed by atoms with Crippen molar-refractivity contribution in [3.8, 4) is 33.4 Å². The highest BCUT2D eigenvalue weighted by Gasteiger charge is 2.39. The van der Waals surface area contributed by atoms with Gasteiger partial charge in [0.1, 0.15) is 0 Å². The molecule has 11 rings (SSSR count). The third-order valence-electron chi connectivity index (χ3n) is 15.9. The molecule has 4 heteroatoms. The van der Waals surface area contributed by atoms with Crippen LogP contribution in [0.5, 0.6) is 0 Å². The van der Waals surface area contributed by atoms with Crippen molar-refractivity contribution in [2.24, 2.45) is 0 Å². The monoisotopic (exact) mass is 978 g/mol. The average Bonchev–Trinajstić information content (AvgIpc) is 3.94. The lowest BCUT2D eigenvalue weighted by Crippen LogP contribution is -2.17. The lowest BCUT2D eigenvalue weighted by Gasteiger charge is -2.33. The molecule has 0 N–H and O–H groups in total. The van der Waals surface area contributed by atoms with Gasteiger partial charge >= 0.3 is 0 Å². The summed E-state index contributed by atoms with van der Waals surface area (Å²) in [5, 5.41) is 4.23. The normalized spacial score (nSPS) is 14.5. The first kappa shape index (κ1) is 47.9. The van der Waals surface area contributed by atoms with Gasteiger partial charge in [0.25, 0.3) is 0 Å². The van der Waals surface area contributed by atoms with Gasteiger partial charge in [-0.15, -0.1) is 11.3 Å². The van der Waals surface area contributed by atoms with Gasteiger partial charge in [0.2, 0.25) is 0 Å². The van der Waals surface area contributed by atoms with Crippen LogP contribution in [0.4, 0.5) is 34.1 Å². The standard InChI is InChI=1S/C68H67ClN2S/c1-64(2,3)43-25-31-46(32-26-43)70(47-33-27-44(28-34-47)65(4,5)6)58-37-42(49-21-18-24-56-62(49)51-20-15-17-23-55(51)67(56,10)11)38-59(63(58)69)71(48-35-29-45(30-36-48)66(7,8)9)60-41-72-61-40-57-52(39-53(60)61)50-19-14-16-22-54(50)68(57,12)13/h14-41H,1-13H3. The van der Waals surface area contributed by atoms with E-state index in [2.05, 4.69) is 269 Å². The van der Waals surface area contributed by atoms with Crippen molar-refractivity contribution in [3.63, 3.8) is 0 Å². The molecular formula is C68H67ClN2S. The molecule has 0 spiro atoms. The molecule has 1 heterocycles. The Balaban J connectivity index is 1.23. The number of rotatable bonds is 7. The zero-order valence-corrected chi connectivity index (χ0v) is 45.9. The predicted molar refractivity (Wildman–Crippen MR) is 313 cm³/mol. The van der Waals surface area contributed by atoms with E-state index in [-0.39, 0.29) is 27.1 Å². The lowest BCUT2D eigenvalue weighted by molar-refractivity contribution is 0.590. The number of nitrogens with zero attached hydrogens (tertiary/aromatic N) is 2. The number of thiophene rings is 1. The first-order chi connectivity index (χ1) is 34.0. The molecule has 8 aromatic carbocycles. The van der Waals surface area contributed by atoms with E-state index in [0.29, 0.717) is 5.02 Å². The van der Waals surface area contributed by atoms with Gasteiger partial charge in [-0.3, -0.25) is 0 Å². The lowest BCUT2D eigenvalue weighted by atomic mass is 9.82. The highest BCUT2D eigenvalue weighted by molar-refractivity contribution is 7.17. The van der Waals surface area contributed by atoms with Crippen LogP contribution in [0.25, 0.3) is 43.5 Å². The number of hydrogen-bond acceptors (Lipinski definition) is 3. The second-order valence-corrected chi connectivity index (χ2v) is 25.8. The molecule has 0 unspecified atom stereocenters. The zero-order valence-electron chi connectivity index (χ0n) is 44.3. The predicted octanol–water partition coefficient (Wildman–Crippen LogP) is 20.7. The molecule has 9 aromatic rings. The van der Waals surface area contributed by atoms with Crippen LogP contribution in [0.15, 0.2) is 169 Å². The van der Waals surface area contributed by atoms with Crippen molar-refractivity contribution >= 4 is 67.1 Å². The summed E-state index contributed by atoms with van der Waals surface area (Å²) in [4.78, 5) is 4.83. The van der Waals surface area contributed by atoms with Crippen molar-refractivity contribution in [1.82, 2.24) is 0 Å². The van der Waals surface area contributed by atoms with Gasteiger partial charge in [0.05, 0.1) is 22.1 Å². The second kappa shape index (κ2) is 16.8. The molecule has 0 fully saturated rings. The molecule has 0 bridgehead atoms. The van der Waals surface area contributed by atoms with E-state index in [9.17, 15) is 0 Å². The van der Waals surface area contributed by atoms with E-state index in [1.807, 2.05) is 11.3 Å². The smallest absolute Gasteiger partial charge is 0.0887 e. The molecule has 1 aromatic heterocycles. The maximum atomic E-state index is 8.35. The van der Waals surface area contributed by atoms with E-state index in [4.69, 9.17) is 11.6 Å². The van der Waals surface area contributed by atoms with Crippen LogP contribution in [-0.4, -0.2) is 0 Å². The van der Waals surface area contributed by atoms with Crippen molar-refractivity contribution < 1.29 is 0 Å². The van der Waals surface area contributed by atoms with Gasteiger partial charge in [-0.1, -0.05) is 205 Å². The Labute approximate surface area is 438 Å². The summed E-state index contributed by atoms with van der Waals surface area (Å²) >= 11 is 10.2. The summed E-state index contributed by atoms with van der Waals surface area (Å²) < 4.78 is 1.26. The van der Waals surface area contributed by atoms with E-state index in [1.165, 1.54) is 76.8 Å². The molecule has 2 nitrogen and oxygen atoms in total. The summed E-state index contributed by atoms with van der Waals surface area (Å²) in [6.07, 6.45) is 0. The van der Waals surface area contributed by atoms with E-state index in [0.717, 1.165) is 39.7 Å². The molecule has 2 aliphatic rings. The molecule has 362 valence electrons. The minimum atomic E-state index is -0.167. The fourth-order valence-electron chi connectivity index (χ4n) is 11.6. The van der Waals surface area contributed by atoms with Crippen LogP contribution >= 0.6 is 22.9 Å². The van der Waals surface area contributed by atoms with Crippen LogP contribution in [0, 0.1) is 0 Å². The molecule has 0 aliphatic heterocycles. The van der Waals surface area contributed by atoms with Crippen LogP contribution in [0.2, 0.25) is 5.02 Å². The quantitative estimate of drug-likeness (QED) is 0.157. The Kier molecular flexibility index (Phi) is 11.2. The number of anilines is 6. The SMILES string of the molecule is CC(C)(C)c1ccc(N(c2ccc(C(C)(C)C)cc2)c2cc(-c3cccc4c3-c3ccccc3C4(C)C)cc(N(c3ccc(C(C)(C)C)cc3)c3csc4cc5c(cc34)-c3ccccc3C5(C)C)c2Cl)cc1. The summed E-state index contributed by atoms with van der Waals surface area (Å²) in [6, 6.07) is 61.9. The maximum Gasteiger partial charge on any atom is 0.0887 e. The van der Waals surface area contributed by atoms with Crippen molar-refractivity contribution in [1.29, 1.82) is 0 Å². The Morgan fingerprint density at radius 2 is 0.833 bits per heavy atom. The van der Waals surface area contributed by atoms with Crippen molar-refractivity contribution in [2.45, 2.75) is 117 Å². The molecule has 0 radical (unpaired) electrons. The first-order valence-electron chi connectivity index (χ1n) is 25.7. The Hall–Kier alpha value is -6.39. The van der Waals surface area contributed by atoms with E-state index in [1.54, 1.807) is 0 Å². The topological polar surface area (TPSA) is 6.48 Å². The van der Waals surface area contributed by atoms with E-state index >= 15 is 0 Å². The first-order valence-corrected chi connectivity index (χ1v) is 26.9. The fourth-order valence-corrected chi connectivity index (χ4v) is 12.8. The largest absolute Gasteiger partial charge is 0.309 e. The number of halogens is 1. The summed E-state index contributed by atoms with van der Waals surface area (Å²) in [5.41, 5.74) is 22.5.